The van der Waals surface area contributed by atoms with Gasteiger partial charge in [-0.3, -0.25) is 0 Å². The van der Waals surface area contributed by atoms with Gasteiger partial charge in [0.2, 0.25) is 0 Å². The monoisotopic (exact) mass is 291 g/mol. The summed E-state index contributed by atoms with van der Waals surface area (Å²) in [6.45, 7) is 4.16. The Morgan fingerprint density at radius 3 is 2.55 bits per heavy atom. The molecule has 0 spiro atoms. The summed E-state index contributed by atoms with van der Waals surface area (Å²) in [5.74, 6) is -0.386. The number of halogens is 2. The Morgan fingerprint density at radius 2 is 1.85 bits per heavy atom. The Morgan fingerprint density at radius 1 is 1.10 bits per heavy atom. The molecule has 2 aromatic carbocycles. The zero-order valence-electron chi connectivity index (χ0n) is 11.8. The van der Waals surface area contributed by atoms with Gasteiger partial charge in [0.25, 0.3) is 0 Å². The molecule has 0 amide bonds. The minimum absolute atomic E-state index is 0.0314. The molecule has 0 fully saturated rings. The molecule has 0 aliphatic rings. The number of hydrogen-bond acceptors (Lipinski definition) is 1. The Kier molecular flexibility index (Phi) is 4.79. The van der Waals surface area contributed by atoms with Gasteiger partial charge in [-0.05, 0) is 55.5 Å². The summed E-state index contributed by atoms with van der Waals surface area (Å²) in [4.78, 5) is 0. The van der Waals surface area contributed by atoms with Crippen LogP contribution in [0.15, 0.2) is 36.4 Å². The lowest BCUT2D eigenvalue weighted by atomic mass is 9.96. The Labute approximate surface area is 124 Å². The van der Waals surface area contributed by atoms with E-state index >= 15 is 0 Å². The minimum Gasteiger partial charge on any atom is -0.327 e. The number of hydrogen-bond donors (Lipinski definition) is 1. The summed E-state index contributed by atoms with van der Waals surface area (Å²) >= 11 is 5.68. The normalized spacial score (nSPS) is 12.4. The van der Waals surface area contributed by atoms with Crippen molar-refractivity contribution in [2.75, 3.05) is 0 Å². The molecule has 0 saturated heterocycles. The predicted molar refractivity (Wildman–Crippen MR) is 82.7 cm³/mol. The molecule has 0 aliphatic carbocycles. The van der Waals surface area contributed by atoms with Crippen molar-refractivity contribution in [1.29, 1.82) is 0 Å². The van der Waals surface area contributed by atoms with E-state index in [1.165, 1.54) is 22.8 Å². The van der Waals surface area contributed by atoms with Crippen LogP contribution in [0.2, 0.25) is 5.02 Å². The van der Waals surface area contributed by atoms with E-state index in [1.807, 2.05) is 6.07 Å². The van der Waals surface area contributed by atoms with Crippen molar-refractivity contribution in [3.8, 4) is 0 Å². The SMILES string of the molecule is Cc1ccc(C)c(CC(N)Cc2ccc(Cl)c(F)c2)c1. The molecule has 106 valence electrons. The zero-order valence-corrected chi connectivity index (χ0v) is 12.5. The molecular weight excluding hydrogens is 273 g/mol. The highest BCUT2D eigenvalue weighted by molar-refractivity contribution is 6.30. The van der Waals surface area contributed by atoms with Crippen LogP contribution in [0.3, 0.4) is 0 Å². The molecule has 0 aromatic heterocycles. The highest BCUT2D eigenvalue weighted by Gasteiger charge is 2.09. The first-order chi connectivity index (χ1) is 9.45. The van der Waals surface area contributed by atoms with Crippen LogP contribution in [0.25, 0.3) is 0 Å². The third-order valence-electron chi connectivity index (χ3n) is 3.47. The van der Waals surface area contributed by atoms with Gasteiger partial charge in [-0.2, -0.15) is 0 Å². The van der Waals surface area contributed by atoms with E-state index in [-0.39, 0.29) is 16.9 Å². The highest BCUT2D eigenvalue weighted by Crippen LogP contribution is 2.18. The summed E-state index contributed by atoms with van der Waals surface area (Å²) in [6, 6.07) is 11.2. The largest absolute Gasteiger partial charge is 0.327 e. The molecule has 1 nitrogen and oxygen atoms in total. The molecule has 1 atom stereocenters. The van der Waals surface area contributed by atoms with Crippen LogP contribution in [0.1, 0.15) is 22.3 Å². The van der Waals surface area contributed by atoms with Gasteiger partial charge in [-0.15, -0.1) is 0 Å². The van der Waals surface area contributed by atoms with Gasteiger partial charge in [-0.25, -0.2) is 4.39 Å². The van der Waals surface area contributed by atoms with Crippen LogP contribution in [-0.2, 0) is 12.8 Å². The summed E-state index contributed by atoms with van der Waals surface area (Å²) in [5, 5.41) is 0.150. The third-order valence-corrected chi connectivity index (χ3v) is 3.78. The van der Waals surface area contributed by atoms with Gasteiger partial charge >= 0.3 is 0 Å². The van der Waals surface area contributed by atoms with Gasteiger partial charge in [0, 0.05) is 6.04 Å². The minimum atomic E-state index is -0.386. The first-order valence-electron chi connectivity index (χ1n) is 6.71. The number of nitrogens with two attached hydrogens (primary N) is 1. The van der Waals surface area contributed by atoms with Crippen LogP contribution in [0.5, 0.6) is 0 Å². The summed E-state index contributed by atoms with van der Waals surface area (Å²) in [5.41, 5.74) is 10.8. The van der Waals surface area contributed by atoms with Gasteiger partial charge in [0.1, 0.15) is 5.82 Å². The van der Waals surface area contributed by atoms with Crippen molar-refractivity contribution < 1.29 is 4.39 Å². The lowest BCUT2D eigenvalue weighted by Gasteiger charge is -2.14. The average Bonchev–Trinajstić information content (AvgIpc) is 2.38. The van der Waals surface area contributed by atoms with E-state index in [2.05, 4.69) is 32.0 Å². The first-order valence-corrected chi connectivity index (χ1v) is 7.09. The van der Waals surface area contributed by atoms with Crippen molar-refractivity contribution in [1.82, 2.24) is 0 Å². The standard InChI is InChI=1S/C17H19ClFN/c1-11-3-4-12(2)14(7-11)10-15(20)8-13-5-6-16(18)17(19)9-13/h3-7,9,15H,8,10,20H2,1-2H3. The third kappa shape index (κ3) is 3.81. The molecule has 0 bridgehead atoms. The predicted octanol–water partition coefficient (Wildman–Crippen LogP) is 4.21. The van der Waals surface area contributed by atoms with Crippen LogP contribution in [0, 0.1) is 19.7 Å². The molecule has 0 radical (unpaired) electrons. The highest BCUT2D eigenvalue weighted by atomic mass is 35.5. The topological polar surface area (TPSA) is 26.0 Å². The molecule has 20 heavy (non-hydrogen) atoms. The Bertz CT molecular complexity index is 610. The molecule has 2 aromatic rings. The molecule has 0 aliphatic heterocycles. The van der Waals surface area contributed by atoms with Crippen molar-refractivity contribution in [3.63, 3.8) is 0 Å². The smallest absolute Gasteiger partial charge is 0.142 e. The molecule has 2 N–H and O–H groups in total. The summed E-state index contributed by atoms with van der Waals surface area (Å²) in [7, 11) is 0. The molecule has 0 heterocycles. The Balaban J connectivity index is 2.06. The maximum Gasteiger partial charge on any atom is 0.142 e. The molecule has 0 saturated carbocycles. The molecule has 3 heteroatoms. The van der Waals surface area contributed by atoms with Crippen LogP contribution < -0.4 is 5.73 Å². The lowest BCUT2D eigenvalue weighted by Crippen LogP contribution is -2.26. The van der Waals surface area contributed by atoms with Gasteiger partial charge < -0.3 is 5.73 Å². The van der Waals surface area contributed by atoms with Crippen molar-refractivity contribution in [3.05, 3.63) is 69.5 Å². The van der Waals surface area contributed by atoms with Crippen LogP contribution >= 0.6 is 11.6 Å². The van der Waals surface area contributed by atoms with E-state index in [0.717, 1.165) is 12.0 Å². The maximum atomic E-state index is 13.4. The summed E-state index contributed by atoms with van der Waals surface area (Å²) in [6.07, 6.45) is 1.43. The second kappa shape index (κ2) is 6.38. The fourth-order valence-corrected chi connectivity index (χ4v) is 2.46. The molecule has 2 rings (SSSR count). The fourth-order valence-electron chi connectivity index (χ4n) is 2.34. The van der Waals surface area contributed by atoms with Crippen LogP contribution in [-0.4, -0.2) is 6.04 Å². The average molecular weight is 292 g/mol. The van der Waals surface area contributed by atoms with Gasteiger partial charge in [-0.1, -0.05) is 41.4 Å². The van der Waals surface area contributed by atoms with E-state index in [0.29, 0.717) is 6.42 Å². The van der Waals surface area contributed by atoms with E-state index in [1.54, 1.807) is 6.07 Å². The second-order valence-electron chi connectivity index (χ2n) is 5.35. The Hall–Kier alpha value is -1.38. The zero-order chi connectivity index (χ0) is 14.7. The van der Waals surface area contributed by atoms with E-state index in [9.17, 15) is 4.39 Å². The fraction of sp³-hybridized carbons (Fsp3) is 0.294. The van der Waals surface area contributed by atoms with E-state index < -0.39 is 0 Å². The second-order valence-corrected chi connectivity index (χ2v) is 5.75. The van der Waals surface area contributed by atoms with Gasteiger partial charge in [0.15, 0.2) is 0 Å². The lowest BCUT2D eigenvalue weighted by molar-refractivity contribution is 0.618. The molecular formula is C17H19ClFN. The van der Waals surface area contributed by atoms with Crippen molar-refractivity contribution in [2.24, 2.45) is 5.73 Å². The van der Waals surface area contributed by atoms with E-state index in [4.69, 9.17) is 17.3 Å². The van der Waals surface area contributed by atoms with Crippen molar-refractivity contribution in [2.45, 2.75) is 32.7 Å². The molecule has 1 unspecified atom stereocenters. The van der Waals surface area contributed by atoms with Gasteiger partial charge in [0.05, 0.1) is 5.02 Å². The summed E-state index contributed by atoms with van der Waals surface area (Å²) < 4.78 is 13.4. The number of rotatable bonds is 4. The number of benzene rings is 2. The van der Waals surface area contributed by atoms with Crippen LogP contribution in [0.4, 0.5) is 4.39 Å². The quantitative estimate of drug-likeness (QED) is 0.897. The first kappa shape index (κ1) is 15.0. The number of aryl methyl sites for hydroxylation is 2. The van der Waals surface area contributed by atoms with Crippen molar-refractivity contribution >= 4 is 11.6 Å². The maximum absolute atomic E-state index is 13.4.